The maximum Gasteiger partial charge on any atom is 0.434 e. The molecule has 0 saturated heterocycles. The monoisotopic (exact) mass is 283 g/mol. The summed E-state index contributed by atoms with van der Waals surface area (Å²) in [6.45, 7) is 0. The van der Waals surface area contributed by atoms with Gasteiger partial charge in [-0.1, -0.05) is 0 Å². The SMILES string of the molecule is Nc1nc(C(F)(F)F)c(-c2ccncc2)cc1C(=O)O. The van der Waals surface area contributed by atoms with E-state index in [4.69, 9.17) is 10.8 Å². The summed E-state index contributed by atoms with van der Waals surface area (Å²) in [4.78, 5) is 17.8. The van der Waals surface area contributed by atoms with E-state index in [1.807, 2.05) is 0 Å². The second-order valence-electron chi connectivity index (χ2n) is 3.86. The number of rotatable bonds is 2. The summed E-state index contributed by atoms with van der Waals surface area (Å²) in [5.41, 5.74) is 3.35. The van der Waals surface area contributed by atoms with E-state index in [0.29, 0.717) is 0 Å². The number of aromatic nitrogens is 2. The number of nitrogen functional groups attached to an aromatic ring is 1. The molecule has 2 rings (SSSR count). The fraction of sp³-hybridized carbons (Fsp3) is 0.0833. The minimum atomic E-state index is -4.75. The van der Waals surface area contributed by atoms with Crippen molar-refractivity contribution in [1.82, 2.24) is 9.97 Å². The van der Waals surface area contributed by atoms with Gasteiger partial charge in [0.25, 0.3) is 0 Å². The van der Waals surface area contributed by atoms with Gasteiger partial charge >= 0.3 is 12.1 Å². The zero-order chi connectivity index (χ0) is 14.9. The Morgan fingerprint density at radius 3 is 2.35 bits per heavy atom. The van der Waals surface area contributed by atoms with Crippen molar-refractivity contribution in [1.29, 1.82) is 0 Å². The highest BCUT2D eigenvalue weighted by atomic mass is 19.4. The quantitative estimate of drug-likeness (QED) is 0.883. The molecule has 0 saturated carbocycles. The summed E-state index contributed by atoms with van der Waals surface area (Å²) >= 11 is 0. The van der Waals surface area contributed by atoms with Gasteiger partial charge in [0.05, 0.1) is 0 Å². The normalized spacial score (nSPS) is 11.3. The third kappa shape index (κ3) is 2.53. The van der Waals surface area contributed by atoms with Crippen LogP contribution in [0.1, 0.15) is 16.1 Å². The van der Waals surface area contributed by atoms with Crippen LogP contribution in [0.25, 0.3) is 11.1 Å². The predicted molar refractivity (Wildman–Crippen MR) is 63.8 cm³/mol. The van der Waals surface area contributed by atoms with Crippen LogP contribution in [0.3, 0.4) is 0 Å². The van der Waals surface area contributed by atoms with E-state index < -0.39 is 29.2 Å². The summed E-state index contributed by atoms with van der Waals surface area (Å²) in [5, 5.41) is 8.92. The minimum Gasteiger partial charge on any atom is -0.478 e. The van der Waals surface area contributed by atoms with Gasteiger partial charge in [0.2, 0.25) is 0 Å². The van der Waals surface area contributed by atoms with Gasteiger partial charge in [-0.25, -0.2) is 9.78 Å². The fourth-order valence-corrected chi connectivity index (χ4v) is 1.67. The molecular formula is C12H8F3N3O2. The number of nitrogens with zero attached hydrogens (tertiary/aromatic N) is 2. The van der Waals surface area contributed by atoms with E-state index in [1.165, 1.54) is 24.5 Å². The van der Waals surface area contributed by atoms with Crippen molar-refractivity contribution in [3.8, 4) is 11.1 Å². The lowest BCUT2D eigenvalue weighted by Gasteiger charge is -2.14. The first-order valence-corrected chi connectivity index (χ1v) is 5.32. The highest BCUT2D eigenvalue weighted by Gasteiger charge is 2.37. The molecule has 2 aromatic heterocycles. The lowest BCUT2D eigenvalue weighted by Crippen LogP contribution is -2.15. The first-order valence-electron chi connectivity index (χ1n) is 5.32. The lowest BCUT2D eigenvalue weighted by molar-refractivity contribution is -0.140. The molecule has 2 aromatic rings. The number of pyridine rings is 2. The molecule has 0 spiro atoms. The van der Waals surface area contributed by atoms with E-state index in [-0.39, 0.29) is 11.1 Å². The molecule has 0 aliphatic carbocycles. The molecule has 0 aliphatic rings. The van der Waals surface area contributed by atoms with E-state index in [0.717, 1.165) is 6.07 Å². The molecule has 0 fully saturated rings. The van der Waals surface area contributed by atoms with E-state index in [2.05, 4.69) is 9.97 Å². The van der Waals surface area contributed by atoms with Crippen LogP contribution < -0.4 is 5.73 Å². The Hall–Kier alpha value is -2.64. The van der Waals surface area contributed by atoms with Crippen molar-refractivity contribution in [2.45, 2.75) is 6.18 Å². The van der Waals surface area contributed by atoms with E-state index in [1.54, 1.807) is 0 Å². The Labute approximate surface area is 110 Å². The van der Waals surface area contributed by atoms with Gasteiger partial charge in [-0.2, -0.15) is 13.2 Å². The highest BCUT2D eigenvalue weighted by molar-refractivity contribution is 5.94. The Kier molecular flexibility index (Phi) is 3.31. The van der Waals surface area contributed by atoms with Crippen molar-refractivity contribution in [2.75, 3.05) is 5.73 Å². The lowest BCUT2D eigenvalue weighted by atomic mass is 10.0. The molecule has 3 N–H and O–H groups in total. The molecule has 5 nitrogen and oxygen atoms in total. The molecule has 2 heterocycles. The first kappa shape index (κ1) is 13.8. The van der Waals surface area contributed by atoms with Crippen molar-refractivity contribution < 1.29 is 23.1 Å². The van der Waals surface area contributed by atoms with Crippen molar-refractivity contribution >= 4 is 11.8 Å². The van der Waals surface area contributed by atoms with E-state index in [9.17, 15) is 18.0 Å². The summed E-state index contributed by atoms with van der Waals surface area (Å²) in [6.07, 6.45) is -2.15. The summed E-state index contributed by atoms with van der Waals surface area (Å²) < 4.78 is 38.9. The Balaban J connectivity index is 2.76. The fourth-order valence-electron chi connectivity index (χ4n) is 1.67. The molecular weight excluding hydrogens is 275 g/mol. The first-order chi connectivity index (χ1) is 9.30. The number of halogens is 3. The number of carboxylic acid groups (broad SMARTS) is 1. The van der Waals surface area contributed by atoms with E-state index >= 15 is 0 Å². The standard InChI is InChI=1S/C12H8F3N3O2/c13-12(14,15)9-7(6-1-3-17-4-2-6)5-8(11(19)20)10(16)18-9/h1-5H,(H2,16,18)(H,19,20). The molecule has 0 radical (unpaired) electrons. The third-order valence-electron chi connectivity index (χ3n) is 2.54. The molecule has 0 unspecified atom stereocenters. The minimum absolute atomic E-state index is 0.155. The van der Waals surface area contributed by atoms with Gasteiger partial charge in [0, 0.05) is 18.0 Å². The second-order valence-corrected chi connectivity index (χ2v) is 3.86. The number of aromatic carboxylic acids is 1. The van der Waals surface area contributed by atoms with Crippen LogP contribution in [0.5, 0.6) is 0 Å². The van der Waals surface area contributed by atoms with Crippen molar-refractivity contribution in [3.63, 3.8) is 0 Å². The molecule has 0 aliphatic heterocycles. The number of nitrogens with two attached hydrogens (primary N) is 1. The zero-order valence-electron chi connectivity index (χ0n) is 9.85. The average Bonchev–Trinajstić information content (AvgIpc) is 2.38. The smallest absolute Gasteiger partial charge is 0.434 e. The van der Waals surface area contributed by atoms with Crippen LogP contribution in [0.2, 0.25) is 0 Å². The van der Waals surface area contributed by atoms with Gasteiger partial charge in [0.1, 0.15) is 11.4 Å². The van der Waals surface area contributed by atoms with Crippen molar-refractivity contribution in [2.24, 2.45) is 0 Å². The number of hydrogen-bond acceptors (Lipinski definition) is 4. The summed E-state index contributed by atoms with van der Waals surface area (Å²) in [6, 6.07) is 3.52. The summed E-state index contributed by atoms with van der Waals surface area (Å²) in [7, 11) is 0. The van der Waals surface area contributed by atoms with Gasteiger partial charge in [-0.15, -0.1) is 0 Å². The molecule has 0 bridgehead atoms. The molecule has 0 amide bonds. The number of carbonyl (C=O) groups is 1. The Morgan fingerprint density at radius 1 is 1.25 bits per heavy atom. The second kappa shape index (κ2) is 4.80. The van der Waals surface area contributed by atoms with Crippen LogP contribution in [0, 0.1) is 0 Å². The van der Waals surface area contributed by atoms with Gasteiger partial charge in [-0.05, 0) is 23.8 Å². The number of anilines is 1. The average molecular weight is 283 g/mol. The number of hydrogen-bond donors (Lipinski definition) is 2. The van der Waals surface area contributed by atoms with Crippen molar-refractivity contribution in [3.05, 3.63) is 41.9 Å². The Morgan fingerprint density at radius 2 is 1.85 bits per heavy atom. The van der Waals surface area contributed by atoms with Crippen LogP contribution in [-0.2, 0) is 6.18 Å². The molecule has 8 heteroatoms. The topological polar surface area (TPSA) is 89.1 Å². The number of carboxylic acids is 1. The predicted octanol–water partition coefficient (Wildman–Crippen LogP) is 2.44. The molecule has 104 valence electrons. The maximum absolute atomic E-state index is 13.0. The van der Waals surface area contributed by atoms with Gasteiger partial charge in [-0.3, -0.25) is 4.98 Å². The number of alkyl halides is 3. The summed E-state index contributed by atoms with van der Waals surface area (Å²) in [5.74, 6) is -2.12. The Bertz CT molecular complexity index is 657. The van der Waals surface area contributed by atoms with Gasteiger partial charge in [0.15, 0.2) is 5.69 Å². The molecule has 0 atom stereocenters. The third-order valence-corrected chi connectivity index (χ3v) is 2.54. The zero-order valence-corrected chi connectivity index (χ0v) is 9.85. The van der Waals surface area contributed by atoms with Crippen LogP contribution in [-0.4, -0.2) is 21.0 Å². The maximum atomic E-state index is 13.0. The highest BCUT2D eigenvalue weighted by Crippen LogP contribution is 2.37. The van der Waals surface area contributed by atoms with Gasteiger partial charge < -0.3 is 10.8 Å². The molecule has 20 heavy (non-hydrogen) atoms. The van der Waals surface area contributed by atoms with Crippen LogP contribution >= 0.6 is 0 Å². The van der Waals surface area contributed by atoms with Crippen LogP contribution in [0.4, 0.5) is 19.0 Å². The largest absolute Gasteiger partial charge is 0.478 e. The molecule has 0 aromatic carbocycles. The van der Waals surface area contributed by atoms with Crippen LogP contribution in [0.15, 0.2) is 30.6 Å².